The highest BCUT2D eigenvalue weighted by Gasteiger charge is 2.16. The lowest BCUT2D eigenvalue weighted by molar-refractivity contribution is 0.0767. The molecule has 6 nitrogen and oxygen atoms in total. The van der Waals surface area contributed by atoms with Gasteiger partial charge in [0.2, 0.25) is 0 Å². The maximum atomic E-state index is 12.4. The number of carbonyl (C=O) groups is 1. The first-order chi connectivity index (χ1) is 11.2. The lowest BCUT2D eigenvalue weighted by atomic mass is 10.2. The first-order valence-electron chi connectivity index (χ1n) is 7.46. The summed E-state index contributed by atoms with van der Waals surface area (Å²) in [5, 5.41) is 4.04. The molecule has 0 spiro atoms. The zero-order chi connectivity index (χ0) is 16.2. The number of nitrogens with one attached hydrogen (secondary N) is 1. The standard InChI is InChI=1S/C17H18N4O2/c1-3-13-4-5-15(19-13)17(22)21(2)11-14-10-16(20-23-14)12-6-8-18-9-7-12/h4-10,19H,3,11H2,1-2H3. The van der Waals surface area contributed by atoms with Crippen LogP contribution in [0.25, 0.3) is 11.3 Å². The van der Waals surface area contributed by atoms with E-state index in [2.05, 4.69) is 15.1 Å². The number of aryl methyl sites for hydroxylation is 1. The Bertz CT molecular complexity index is 792. The predicted octanol–water partition coefficient (Wildman–Crippen LogP) is 2.90. The molecule has 23 heavy (non-hydrogen) atoms. The molecule has 0 bridgehead atoms. The van der Waals surface area contributed by atoms with E-state index in [1.807, 2.05) is 31.2 Å². The summed E-state index contributed by atoms with van der Waals surface area (Å²) in [5.41, 5.74) is 3.29. The van der Waals surface area contributed by atoms with Crippen LogP contribution in [0.3, 0.4) is 0 Å². The lowest BCUT2D eigenvalue weighted by Crippen LogP contribution is -2.26. The minimum atomic E-state index is -0.0773. The summed E-state index contributed by atoms with van der Waals surface area (Å²) < 4.78 is 5.33. The van der Waals surface area contributed by atoms with E-state index in [0.717, 1.165) is 23.4 Å². The Kier molecular flexibility index (Phi) is 4.23. The third-order valence-corrected chi connectivity index (χ3v) is 3.63. The Balaban J connectivity index is 1.69. The molecule has 0 aromatic carbocycles. The van der Waals surface area contributed by atoms with Crippen LogP contribution in [0.4, 0.5) is 0 Å². The average Bonchev–Trinajstić information content (AvgIpc) is 3.24. The molecule has 6 heteroatoms. The maximum absolute atomic E-state index is 12.4. The van der Waals surface area contributed by atoms with Gasteiger partial charge in [0.05, 0.1) is 6.54 Å². The maximum Gasteiger partial charge on any atom is 0.270 e. The Morgan fingerprint density at radius 2 is 2.04 bits per heavy atom. The largest absolute Gasteiger partial charge is 0.359 e. The first-order valence-corrected chi connectivity index (χ1v) is 7.46. The van der Waals surface area contributed by atoms with Crippen molar-refractivity contribution in [1.29, 1.82) is 0 Å². The first kappa shape index (κ1) is 15.0. The molecule has 3 aromatic heterocycles. The normalized spacial score (nSPS) is 10.7. The van der Waals surface area contributed by atoms with Crippen LogP contribution in [0, 0.1) is 0 Å². The lowest BCUT2D eigenvalue weighted by Gasteiger charge is -2.14. The molecular formula is C17H18N4O2. The second-order valence-corrected chi connectivity index (χ2v) is 5.33. The van der Waals surface area contributed by atoms with Crippen molar-refractivity contribution in [2.24, 2.45) is 0 Å². The van der Waals surface area contributed by atoms with Crippen LogP contribution in [-0.2, 0) is 13.0 Å². The summed E-state index contributed by atoms with van der Waals surface area (Å²) in [5.74, 6) is 0.557. The van der Waals surface area contributed by atoms with Crippen LogP contribution >= 0.6 is 0 Å². The van der Waals surface area contributed by atoms with Gasteiger partial charge >= 0.3 is 0 Å². The molecule has 0 atom stereocenters. The number of H-pyrrole nitrogens is 1. The van der Waals surface area contributed by atoms with E-state index in [1.54, 1.807) is 30.4 Å². The number of aromatic nitrogens is 3. The second kappa shape index (κ2) is 6.48. The molecule has 0 aliphatic carbocycles. The molecule has 3 rings (SSSR count). The molecule has 0 unspecified atom stereocenters. The van der Waals surface area contributed by atoms with Gasteiger partial charge in [-0.05, 0) is 30.7 Å². The minimum Gasteiger partial charge on any atom is -0.359 e. The molecule has 0 radical (unpaired) electrons. The van der Waals surface area contributed by atoms with Gasteiger partial charge in [-0.3, -0.25) is 9.78 Å². The zero-order valence-corrected chi connectivity index (χ0v) is 13.1. The number of amides is 1. The SMILES string of the molecule is CCc1ccc(C(=O)N(C)Cc2cc(-c3ccncc3)no2)[nH]1. The topological polar surface area (TPSA) is 75.0 Å². The van der Waals surface area contributed by atoms with E-state index >= 15 is 0 Å². The van der Waals surface area contributed by atoms with Crippen molar-refractivity contribution in [1.82, 2.24) is 20.0 Å². The van der Waals surface area contributed by atoms with E-state index in [4.69, 9.17) is 4.52 Å². The van der Waals surface area contributed by atoms with Crippen LogP contribution in [-0.4, -0.2) is 33.0 Å². The van der Waals surface area contributed by atoms with Crippen molar-refractivity contribution in [3.63, 3.8) is 0 Å². The number of nitrogens with zero attached hydrogens (tertiary/aromatic N) is 3. The van der Waals surface area contributed by atoms with E-state index in [0.29, 0.717) is 18.0 Å². The summed E-state index contributed by atoms with van der Waals surface area (Å²) in [6.07, 6.45) is 4.28. The zero-order valence-electron chi connectivity index (χ0n) is 13.1. The van der Waals surface area contributed by atoms with Crippen molar-refractivity contribution >= 4 is 5.91 Å². The smallest absolute Gasteiger partial charge is 0.270 e. The number of hydrogen-bond donors (Lipinski definition) is 1. The number of aromatic amines is 1. The monoisotopic (exact) mass is 310 g/mol. The van der Waals surface area contributed by atoms with Crippen LogP contribution < -0.4 is 0 Å². The Labute approximate surface area is 134 Å². The summed E-state index contributed by atoms with van der Waals surface area (Å²) in [6, 6.07) is 9.30. The molecule has 1 amide bonds. The number of hydrogen-bond acceptors (Lipinski definition) is 4. The van der Waals surface area contributed by atoms with Crippen LogP contribution in [0.5, 0.6) is 0 Å². The molecule has 0 saturated heterocycles. The van der Waals surface area contributed by atoms with Crippen molar-refractivity contribution in [2.45, 2.75) is 19.9 Å². The van der Waals surface area contributed by atoms with E-state index in [1.165, 1.54) is 0 Å². The van der Waals surface area contributed by atoms with Gasteiger partial charge in [-0.1, -0.05) is 12.1 Å². The van der Waals surface area contributed by atoms with Crippen LogP contribution in [0.2, 0.25) is 0 Å². The predicted molar refractivity (Wildman–Crippen MR) is 85.7 cm³/mol. The van der Waals surface area contributed by atoms with Gasteiger partial charge < -0.3 is 14.4 Å². The highest BCUT2D eigenvalue weighted by Crippen LogP contribution is 2.19. The third-order valence-electron chi connectivity index (χ3n) is 3.63. The number of carbonyl (C=O) groups excluding carboxylic acids is 1. The van der Waals surface area contributed by atoms with Gasteiger partial charge in [0, 0.05) is 36.8 Å². The third kappa shape index (κ3) is 3.31. The Morgan fingerprint density at radius 1 is 1.26 bits per heavy atom. The van der Waals surface area contributed by atoms with Gasteiger partial charge in [-0.25, -0.2) is 0 Å². The fourth-order valence-electron chi connectivity index (χ4n) is 2.33. The fraction of sp³-hybridized carbons (Fsp3) is 0.235. The molecular weight excluding hydrogens is 292 g/mol. The highest BCUT2D eigenvalue weighted by molar-refractivity contribution is 5.92. The quantitative estimate of drug-likeness (QED) is 0.786. The van der Waals surface area contributed by atoms with Gasteiger partial charge in [0.25, 0.3) is 5.91 Å². The Hall–Kier alpha value is -2.89. The molecule has 3 heterocycles. The van der Waals surface area contributed by atoms with Gasteiger partial charge in [0.1, 0.15) is 11.4 Å². The number of pyridine rings is 1. The van der Waals surface area contributed by atoms with Gasteiger partial charge in [0.15, 0.2) is 5.76 Å². The molecule has 1 N–H and O–H groups in total. The van der Waals surface area contributed by atoms with Crippen LogP contribution in [0.1, 0.15) is 28.9 Å². The summed E-state index contributed by atoms with van der Waals surface area (Å²) in [4.78, 5) is 21.1. The second-order valence-electron chi connectivity index (χ2n) is 5.33. The summed E-state index contributed by atoms with van der Waals surface area (Å²) in [7, 11) is 1.74. The highest BCUT2D eigenvalue weighted by atomic mass is 16.5. The number of rotatable bonds is 5. The average molecular weight is 310 g/mol. The molecule has 3 aromatic rings. The van der Waals surface area contributed by atoms with E-state index in [9.17, 15) is 4.79 Å². The fourth-order valence-corrected chi connectivity index (χ4v) is 2.33. The van der Waals surface area contributed by atoms with Crippen LogP contribution in [0.15, 0.2) is 47.2 Å². The van der Waals surface area contributed by atoms with Crippen molar-refractivity contribution in [3.05, 3.63) is 59.9 Å². The van der Waals surface area contributed by atoms with Crippen molar-refractivity contribution < 1.29 is 9.32 Å². The van der Waals surface area contributed by atoms with Crippen molar-refractivity contribution in [2.75, 3.05) is 7.05 Å². The summed E-state index contributed by atoms with van der Waals surface area (Å²) >= 11 is 0. The minimum absolute atomic E-state index is 0.0773. The molecule has 118 valence electrons. The van der Waals surface area contributed by atoms with Crippen molar-refractivity contribution in [3.8, 4) is 11.3 Å². The molecule has 0 aliphatic heterocycles. The van der Waals surface area contributed by atoms with E-state index in [-0.39, 0.29) is 5.91 Å². The van der Waals surface area contributed by atoms with Gasteiger partial charge in [-0.2, -0.15) is 0 Å². The summed E-state index contributed by atoms with van der Waals surface area (Å²) in [6.45, 7) is 2.40. The molecule has 0 saturated carbocycles. The Morgan fingerprint density at radius 3 is 2.74 bits per heavy atom. The van der Waals surface area contributed by atoms with Gasteiger partial charge in [-0.15, -0.1) is 0 Å². The molecule has 0 aliphatic rings. The van der Waals surface area contributed by atoms with E-state index < -0.39 is 0 Å². The molecule has 0 fully saturated rings.